The highest BCUT2D eigenvalue weighted by Crippen LogP contribution is 2.20. The van der Waals surface area contributed by atoms with Gasteiger partial charge in [0.1, 0.15) is 6.04 Å². The fourth-order valence-electron chi connectivity index (χ4n) is 2.88. The Morgan fingerprint density at radius 3 is 3.00 bits per heavy atom. The number of nitrogens with zero attached hydrogens (tertiary/aromatic N) is 1. The van der Waals surface area contributed by atoms with E-state index in [1.807, 2.05) is 19.2 Å². The zero-order valence-corrected chi connectivity index (χ0v) is 12.1. The zero-order valence-electron chi connectivity index (χ0n) is 12.1. The van der Waals surface area contributed by atoms with Gasteiger partial charge in [0, 0.05) is 37.1 Å². The Morgan fingerprint density at radius 2 is 2.24 bits per heavy atom. The monoisotopic (exact) mass is 285 g/mol. The Morgan fingerprint density at radius 1 is 1.43 bits per heavy atom. The van der Waals surface area contributed by atoms with E-state index in [0.717, 1.165) is 6.42 Å². The van der Waals surface area contributed by atoms with Crippen LogP contribution < -0.4 is 10.6 Å². The SMILES string of the molecule is Cn1cc(CCNC(=O)C2CCC(=O)N2)c2ccccc21. The highest BCUT2D eigenvalue weighted by molar-refractivity contribution is 5.90. The number of hydrogen-bond donors (Lipinski definition) is 2. The first-order valence-electron chi connectivity index (χ1n) is 7.25. The van der Waals surface area contributed by atoms with Crippen molar-refractivity contribution in [3.8, 4) is 0 Å². The van der Waals surface area contributed by atoms with Crippen molar-refractivity contribution in [2.24, 2.45) is 7.05 Å². The Bertz CT molecular complexity index is 690. The summed E-state index contributed by atoms with van der Waals surface area (Å²) in [5.74, 6) is -0.120. The van der Waals surface area contributed by atoms with E-state index in [1.54, 1.807) is 0 Å². The third kappa shape index (κ3) is 2.77. The Hall–Kier alpha value is -2.30. The highest BCUT2D eigenvalue weighted by Gasteiger charge is 2.26. The Kier molecular flexibility index (Phi) is 3.64. The summed E-state index contributed by atoms with van der Waals surface area (Å²) in [5.41, 5.74) is 2.42. The highest BCUT2D eigenvalue weighted by atomic mass is 16.2. The van der Waals surface area contributed by atoms with Gasteiger partial charge >= 0.3 is 0 Å². The van der Waals surface area contributed by atoms with Gasteiger partial charge in [-0.05, 0) is 24.5 Å². The number of amides is 2. The third-order valence-electron chi connectivity index (χ3n) is 3.98. The summed E-state index contributed by atoms with van der Waals surface area (Å²) in [5, 5.41) is 6.81. The van der Waals surface area contributed by atoms with E-state index in [0.29, 0.717) is 19.4 Å². The fourth-order valence-corrected chi connectivity index (χ4v) is 2.88. The molecule has 1 aliphatic heterocycles. The van der Waals surface area contributed by atoms with Gasteiger partial charge in [0.15, 0.2) is 0 Å². The molecule has 1 aliphatic rings. The first-order valence-corrected chi connectivity index (χ1v) is 7.25. The third-order valence-corrected chi connectivity index (χ3v) is 3.98. The molecular weight excluding hydrogens is 266 g/mol. The van der Waals surface area contributed by atoms with E-state index < -0.39 is 0 Å². The van der Waals surface area contributed by atoms with Gasteiger partial charge in [0.2, 0.25) is 11.8 Å². The number of benzene rings is 1. The van der Waals surface area contributed by atoms with Crippen molar-refractivity contribution < 1.29 is 9.59 Å². The molecule has 1 atom stereocenters. The maximum atomic E-state index is 11.9. The zero-order chi connectivity index (χ0) is 14.8. The van der Waals surface area contributed by atoms with E-state index >= 15 is 0 Å². The van der Waals surface area contributed by atoms with Gasteiger partial charge in [-0.2, -0.15) is 0 Å². The summed E-state index contributed by atoms with van der Waals surface area (Å²) in [6, 6.07) is 7.88. The van der Waals surface area contributed by atoms with Gasteiger partial charge in [-0.1, -0.05) is 18.2 Å². The van der Waals surface area contributed by atoms with Crippen LogP contribution >= 0.6 is 0 Å². The second-order valence-electron chi connectivity index (χ2n) is 5.48. The lowest BCUT2D eigenvalue weighted by atomic mass is 10.1. The molecule has 21 heavy (non-hydrogen) atoms. The molecule has 3 rings (SSSR count). The van der Waals surface area contributed by atoms with Crippen LogP contribution in [-0.2, 0) is 23.1 Å². The van der Waals surface area contributed by atoms with Crippen LogP contribution in [0.25, 0.3) is 10.9 Å². The predicted molar refractivity (Wildman–Crippen MR) is 80.8 cm³/mol. The van der Waals surface area contributed by atoms with Crippen molar-refractivity contribution in [3.05, 3.63) is 36.0 Å². The van der Waals surface area contributed by atoms with Crippen LogP contribution in [0.5, 0.6) is 0 Å². The van der Waals surface area contributed by atoms with Crippen LogP contribution in [0.2, 0.25) is 0 Å². The lowest BCUT2D eigenvalue weighted by Crippen LogP contribution is -2.42. The number of aryl methyl sites for hydroxylation is 1. The topological polar surface area (TPSA) is 63.1 Å². The molecule has 0 spiro atoms. The smallest absolute Gasteiger partial charge is 0.242 e. The molecule has 1 fully saturated rings. The number of aromatic nitrogens is 1. The van der Waals surface area contributed by atoms with Gasteiger partial charge < -0.3 is 15.2 Å². The van der Waals surface area contributed by atoms with Gasteiger partial charge in [-0.15, -0.1) is 0 Å². The molecule has 0 aliphatic carbocycles. The molecule has 0 saturated carbocycles. The molecule has 1 aromatic carbocycles. The average Bonchev–Trinajstić information content (AvgIpc) is 3.04. The molecular formula is C16H19N3O2. The van der Waals surface area contributed by atoms with Crippen molar-refractivity contribution in [3.63, 3.8) is 0 Å². The number of rotatable bonds is 4. The van der Waals surface area contributed by atoms with Gasteiger partial charge in [-0.25, -0.2) is 0 Å². The first-order chi connectivity index (χ1) is 10.1. The molecule has 2 N–H and O–H groups in total. The van der Waals surface area contributed by atoms with Crippen LogP contribution in [0.3, 0.4) is 0 Å². The second kappa shape index (κ2) is 5.60. The number of fused-ring (bicyclic) bond motifs is 1. The molecule has 1 saturated heterocycles. The van der Waals surface area contributed by atoms with E-state index in [-0.39, 0.29) is 17.9 Å². The molecule has 5 nitrogen and oxygen atoms in total. The quantitative estimate of drug-likeness (QED) is 0.884. The minimum absolute atomic E-state index is 0.0378. The summed E-state index contributed by atoms with van der Waals surface area (Å²) in [7, 11) is 2.03. The summed E-state index contributed by atoms with van der Waals surface area (Å²) in [6.07, 6.45) is 3.93. The summed E-state index contributed by atoms with van der Waals surface area (Å²) in [6.45, 7) is 0.583. The molecule has 2 aromatic rings. The number of hydrogen-bond acceptors (Lipinski definition) is 2. The van der Waals surface area contributed by atoms with Gasteiger partial charge in [-0.3, -0.25) is 9.59 Å². The van der Waals surface area contributed by atoms with Crippen LogP contribution in [0.4, 0.5) is 0 Å². The van der Waals surface area contributed by atoms with E-state index in [1.165, 1.54) is 16.5 Å². The van der Waals surface area contributed by atoms with Crippen LogP contribution in [0.1, 0.15) is 18.4 Å². The molecule has 0 radical (unpaired) electrons. The van der Waals surface area contributed by atoms with E-state index in [9.17, 15) is 9.59 Å². The van der Waals surface area contributed by atoms with E-state index in [4.69, 9.17) is 0 Å². The fraction of sp³-hybridized carbons (Fsp3) is 0.375. The molecule has 0 bridgehead atoms. The van der Waals surface area contributed by atoms with Crippen molar-refractivity contribution in [2.45, 2.75) is 25.3 Å². The molecule has 2 heterocycles. The molecule has 5 heteroatoms. The largest absolute Gasteiger partial charge is 0.354 e. The standard InChI is InChI=1S/C16H19N3O2/c1-19-10-11(12-4-2-3-5-14(12)19)8-9-17-16(21)13-6-7-15(20)18-13/h2-5,10,13H,6-9H2,1H3,(H,17,21)(H,18,20). The summed E-state index contributed by atoms with van der Waals surface area (Å²) >= 11 is 0. The lowest BCUT2D eigenvalue weighted by Gasteiger charge is -2.10. The van der Waals surface area contributed by atoms with Crippen LogP contribution in [0.15, 0.2) is 30.5 Å². The number of nitrogens with one attached hydrogen (secondary N) is 2. The minimum Gasteiger partial charge on any atom is -0.354 e. The maximum Gasteiger partial charge on any atom is 0.242 e. The van der Waals surface area contributed by atoms with Crippen LogP contribution in [0, 0.1) is 0 Å². The second-order valence-corrected chi connectivity index (χ2v) is 5.48. The Balaban J connectivity index is 1.60. The van der Waals surface area contributed by atoms with Crippen molar-refractivity contribution >= 4 is 22.7 Å². The van der Waals surface area contributed by atoms with Crippen molar-refractivity contribution in [2.75, 3.05) is 6.54 Å². The molecule has 110 valence electrons. The Labute approximate surface area is 123 Å². The van der Waals surface area contributed by atoms with E-state index in [2.05, 4.69) is 33.5 Å². The predicted octanol–water partition coefficient (Wildman–Crippen LogP) is 1.12. The number of carbonyl (C=O) groups is 2. The summed E-state index contributed by atoms with van der Waals surface area (Å²) < 4.78 is 2.10. The number of para-hydroxylation sites is 1. The average molecular weight is 285 g/mol. The van der Waals surface area contributed by atoms with Crippen LogP contribution in [-0.4, -0.2) is 29.0 Å². The lowest BCUT2D eigenvalue weighted by molar-refractivity contribution is -0.125. The molecule has 1 unspecified atom stereocenters. The number of carbonyl (C=O) groups excluding carboxylic acids is 2. The molecule has 2 amide bonds. The van der Waals surface area contributed by atoms with Gasteiger partial charge in [0.05, 0.1) is 0 Å². The van der Waals surface area contributed by atoms with Crippen molar-refractivity contribution in [1.82, 2.24) is 15.2 Å². The van der Waals surface area contributed by atoms with Crippen molar-refractivity contribution in [1.29, 1.82) is 0 Å². The normalized spacial score (nSPS) is 18.0. The molecule has 1 aromatic heterocycles. The van der Waals surface area contributed by atoms with Gasteiger partial charge in [0.25, 0.3) is 0 Å². The first kappa shape index (κ1) is 13.7. The maximum absolute atomic E-state index is 11.9. The minimum atomic E-state index is -0.356. The summed E-state index contributed by atoms with van der Waals surface area (Å²) in [4.78, 5) is 23.0.